The first-order valence-corrected chi connectivity index (χ1v) is 39.6. The molecule has 8 atom stereocenters. The predicted molar refractivity (Wildman–Crippen MR) is 435 cm³/mol. The molecule has 12 N–H and O–H groups in total. The molecular formula is C83H104F12N22O6. The molecule has 4 aliphatic carbocycles. The fourth-order valence-corrected chi connectivity index (χ4v) is 13.9. The number of hydrogen-bond acceptors (Lipinski definition) is 28. The van der Waals surface area contributed by atoms with Crippen LogP contribution in [-0.4, -0.2) is 154 Å². The molecule has 4 aliphatic rings. The zero-order chi connectivity index (χ0) is 90.6. The molecule has 0 radical (unpaired) electrons. The van der Waals surface area contributed by atoms with E-state index >= 15 is 0 Å². The average Bonchev–Trinajstić information content (AvgIpc) is 0.770. The molecule has 4 fully saturated rings. The van der Waals surface area contributed by atoms with Crippen LogP contribution in [0.5, 0.6) is 11.8 Å². The van der Waals surface area contributed by atoms with Crippen molar-refractivity contribution in [3.8, 4) is 23.9 Å². The number of halogens is 12. The summed E-state index contributed by atoms with van der Waals surface area (Å²) in [7, 11) is 0. The number of nitrogens with zero attached hydrogens (tertiary/aromatic N) is 14. The first-order valence-electron chi connectivity index (χ1n) is 39.6. The molecule has 12 rings (SSSR count). The summed E-state index contributed by atoms with van der Waals surface area (Å²) in [4.78, 5) is 48.9. The van der Waals surface area contributed by atoms with E-state index in [1.807, 2.05) is 39.8 Å². The second-order valence-electron chi connectivity index (χ2n) is 34.4. The van der Waals surface area contributed by atoms with E-state index in [1.165, 1.54) is 58.7 Å². The maximum absolute atomic E-state index is 14.4. The van der Waals surface area contributed by atoms with E-state index in [1.54, 1.807) is 62.5 Å². The monoisotopic (exact) mass is 1730 g/mol. The van der Waals surface area contributed by atoms with E-state index in [2.05, 4.69) is 122 Å². The Labute approximate surface area is 704 Å². The number of ether oxygens (including phenoxy) is 2. The van der Waals surface area contributed by atoms with Gasteiger partial charge in [-0.15, -0.1) is 0 Å². The molecule has 0 spiro atoms. The summed E-state index contributed by atoms with van der Waals surface area (Å²) in [6, 6.07) is 17.0. The highest BCUT2D eigenvalue weighted by Gasteiger charge is 2.51. The number of hydrogen-bond donors (Lipinski definition) is 12. The van der Waals surface area contributed by atoms with Gasteiger partial charge in [-0.05, 0) is 118 Å². The van der Waals surface area contributed by atoms with Gasteiger partial charge in [0.05, 0.1) is 42.1 Å². The van der Waals surface area contributed by atoms with Gasteiger partial charge in [0, 0.05) is 130 Å². The molecular weight excluding hydrogens is 1630 g/mol. The van der Waals surface area contributed by atoms with E-state index in [4.69, 9.17) is 9.47 Å². The third kappa shape index (κ3) is 25.5. The first kappa shape index (κ1) is 95.7. The molecule has 0 amide bonds. The van der Waals surface area contributed by atoms with Crippen molar-refractivity contribution < 1.29 is 82.6 Å². The Kier molecular flexibility index (Phi) is 30.2. The van der Waals surface area contributed by atoms with Gasteiger partial charge in [0.15, 0.2) is 13.2 Å². The van der Waals surface area contributed by atoms with E-state index < -0.39 is 101 Å². The van der Waals surface area contributed by atoms with Gasteiger partial charge in [-0.25, -0.2) is 56.2 Å². The maximum Gasteiger partial charge on any atom is 0.421 e. The Bertz CT molecular complexity index is 4970. The SMILES string of the molecule is CC(C)(F)c1ncccc1CNc1ncc(C#N)c(N[C@@H]2C[C@H](CO)C2(C)C)n1.CC(C)(F)c1ncccc1CNc1ncc(C(F)(F)F)c(N[C@@H]2CC[C@H](O)C(C)(C)C2)n1.CC(F)(F)COc1ncccc1CNc1ncc(C#N)c(N[C@@H]2C[C@H](O)C2(C)C)n1.CC(F)(F)COc1ncccc1CNc1ncc(C(F)(F)F)c(N[C@@H]2C[C@H](O)C2(C)C)n1. The number of aliphatic hydroxyl groups is 4. The van der Waals surface area contributed by atoms with E-state index in [9.17, 15) is 83.6 Å². The van der Waals surface area contributed by atoms with Gasteiger partial charge in [-0.2, -0.15) is 56.8 Å². The van der Waals surface area contributed by atoms with Crippen LogP contribution >= 0.6 is 0 Å². The van der Waals surface area contributed by atoms with Crippen molar-refractivity contribution in [2.75, 3.05) is 62.4 Å². The molecule has 0 aromatic carbocycles. The Morgan fingerprint density at radius 3 is 1.11 bits per heavy atom. The van der Waals surface area contributed by atoms with E-state index in [0.29, 0.717) is 96.4 Å². The van der Waals surface area contributed by atoms with Crippen molar-refractivity contribution in [1.29, 1.82) is 10.5 Å². The third-order valence-electron chi connectivity index (χ3n) is 22.1. The fraction of sp³-hybridized carbons (Fsp3) is 0.542. The van der Waals surface area contributed by atoms with Crippen molar-refractivity contribution in [3.63, 3.8) is 0 Å². The first-order chi connectivity index (χ1) is 57.3. The maximum atomic E-state index is 14.4. The Hall–Kier alpha value is -11.1. The van der Waals surface area contributed by atoms with Gasteiger partial charge in [-0.3, -0.25) is 9.97 Å². The molecule has 0 unspecified atom stereocenters. The van der Waals surface area contributed by atoms with Crippen LogP contribution in [0.1, 0.15) is 191 Å². The molecule has 123 heavy (non-hydrogen) atoms. The molecule has 8 aromatic rings. The fourth-order valence-electron chi connectivity index (χ4n) is 13.9. The molecule has 28 nitrogen and oxygen atoms in total. The van der Waals surface area contributed by atoms with E-state index in [0.717, 1.165) is 19.5 Å². The summed E-state index contributed by atoms with van der Waals surface area (Å²) < 4.78 is 172. The second kappa shape index (κ2) is 38.8. The largest absolute Gasteiger partial charge is 0.471 e. The van der Waals surface area contributed by atoms with Crippen LogP contribution in [0, 0.1) is 50.2 Å². The smallest absolute Gasteiger partial charge is 0.421 e. The normalized spacial score (nSPS) is 20.6. The van der Waals surface area contributed by atoms with Crippen molar-refractivity contribution in [2.45, 2.75) is 240 Å². The topological polar surface area (TPSA) is 398 Å². The minimum atomic E-state index is -4.68. The summed E-state index contributed by atoms with van der Waals surface area (Å²) in [6.45, 7) is 21.6. The third-order valence-corrected chi connectivity index (χ3v) is 22.1. The van der Waals surface area contributed by atoms with Gasteiger partial charge in [0.1, 0.15) is 69.0 Å². The van der Waals surface area contributed by atoms with Gasteiger partial charge >= 0.3 is 12.4 Å². The van der Waals surface area contributed by atoms with Crippen molar-refractivity contribution in [2.24, 2.45) is 27.6 Å². The zero-order valence-electron chi connectivity index (χ0n) is 70.5. The van der Waals surface area contributed by atoms with Crippen LogP contribution in [0.15, 0.2) is 98.1 Å². The zero-order valence-corrected chi connectivity index (χ0v) is 70.5. The molecule has 0 bridgehead atoms. The average molecular weight is 1730 g/mol. The number of anilines is 8. The number of rotatable bonds is 29. The second-order valence-corrected chi connectivity index (χ2v) is 34.4. The lowest BCUT2D eigenvalue weighted by Crippen LogP contribution is -2.57. The molecule has 4 saturated carbocycles. The summed E-state index contributed by atoms with van der Waals surface area (Å²) in [5.41, 5.74) is -3.23. The molecule has 8 aromatic heterocycles. The Morgan fingerprint density at radius 1 is 0.431 bits per heavy atom. The van der Waals surface area contributed by atoms with Crippen molar-refractivity contribution >= 4 is 47.1 Å². The quantitative estimate of drug-likeness (QED) is 0.0194. The predicted octanol–water partition coefficient (Wildman–Crippen LogP) is 15.5. The lowest BCUT2D eigenvalue weighted by Gasteiger charge is -2.52. The van der Waals surface area contributed by atoms with Crippen molar-refractivity contribution in [3.05, 3.63) is 154 Å². The lowest BCUT2D eigenvalue weighted by molar-refractivity contribution is -0.138. The molecule has 0 aliphatic heterocycles. The van der Waals surface area contributed by atoms with Crippen molar-refractivity contribution in [1.82, 2.24) is 59.8 Å². The minimum absolute atomic E-state index is 0.0120. The van der Waals surface area contributed by atoms with Crippen LogP contribution in [0.3, 0.4) is 0 Å². The summed E-state index contributed by atoms with van der Waals surface area (Å²) in [6.07, 6.45) is 2.49. The molecule has 40 heteroatoms. The number of nitrogens with one attached hydrogen (secondary N) is 8. The summed E-state index contributed by atoms with van der Waals surface area (Å²) in [5, 5.41) is 82.1. The standard InChI is InChI=1S/C22H29F4N5O.C21H27FN6O.C20H24F5N5O2.C20H24F2N6O2/c1-20(2)10-14(7-8-16(20)32)30-18-15(22(24,25)26)12-29-19(31-18)28-11-13-6-5-9-27-17(13)21(3,4)23;1-20(2)15(12-29)8-16(20)27-18-14(9-23)11-26-19(28-18)25-10-13-6-5-7-24-17(13)21(3,4)22;1-18(2)13(7-14(18)31)29-15-12(20(23,24)25)9-28-17(30-15)27-8-11-5-4-6-26-16(11)32-10-19(3,21)22;1-19(2)14(7-15(19)29)27-16-13(8-23)10-26-18(28-16)25-9-12-5-4-6-24-17(12)30-11-20(3,21)22/h5-6,9,12,14,16,32H,7-8,10-11H2,1-4H3,(H2,28,29,30,31);5-7,11,15-16,29H,8,10,12H2,1-4H3,(H2,25,26,27,28);4-6,9,13-14,31H,7-8,10H2,1-3H3,(H2,27,28,29,30);4-6,10,14-15,29H,7,9,11H2,1-3H3,(H2,25,26,27,28)/t14-,16+;15-,16-;13-,14+;14-,15+/m1111/s1. The van der Waals surface area contributed by atoms with Crippen LogP contribution in [0.25, 0.3) is 0 Å². The lowest BCUT2D eigenvalue weighted by atomic mass is 9.59. The molecule has 8 heterocycles. The van der Waals surface area contributed by atoms with Gasteiger partial charge in [0.2, 0.25) is 35.6 Å². The van der Waals surface area contributed by atoms with Gasteiger partial charge in [0.25, 0.3) is 11.8 Å². The Balaban J connectivity index is 0.000000186. The minimum Gasteiger partial charge on any atom is -0.471 e. The number of alkyl halides is 12. The highest BCUT2D eigenvalue weighted by atomic mass is 19.4. The highest BCUT2D eigenvalue weighted by Crippen LogP contribution is 2.49. The molecule has 666 valence electrons. The highest BCUT2D eigenvalue weighted by molar-refractivity contribution is 5.57. The van der Waals surface area contributed by atoms with Gasteiger partial charge < -0.3 is 72.4 Å². The Morgan fingerprint density at radius 2 is 0.772 bits per heavy atom. The van der Waals surface area contributed by atoms with Crippen LogP contribution < -0.4 is 52.0 Å². The van der Waals surface area contributed by atoms with Crippen LogP contribution in [-0.2, 0) is 49.9 Å². The number of pyridine rings is 4. The van der Waals surface area contributed by atoms with Crippen LogP contribution in [0.4, 0.5) is 99.7 Å². The number of nitriles is 2. The summed E-state index contributed by atoms with van der Waals surface area (Å²) in [5.74, 6) is -5.15. The number of aromatic nitrogens is 12. The van der Waals surface area contributed by atoms with Gasteiger partial charge in [-0.1, -0.05) is 79.7 Å². The van der Waals surface area contributed by atoms with Crippen LogP contribution in [0.2, 0.25) is 0 Å². The summed E-state index contributed by atoms with van der Waals surface area (Å²) >= 11 is 0. The number of aliphatic hydroxyl groups excluding tert-OH is 4. The van der Waals surface area contributed by atoms with E-state index in [-0.39, 0.29) is 114 Å². The molecule has 0 saturated heterocycles.